The van der Waals surface area contributed by atoms with Crippen molar-refractivity contribution in [3.8, 4) is 5.75 Å². The van der Waals surface area contributed by atoms with Gasteiger partial charge in [-0.25, -0.2) is 12.7 Å². The second-order valence-corrected chi connectivity index (χ2v) is 10.0. The molecule has 2 heterocycles. The highest BCUT2D eigenvalue weighted by Crippen LogP contribution is 2.19. The van der Waals surface area contributed by atoms with E-state index in [1.54, 1.807) is 4.90 Å². The summed E-state index contributed by atoms with van der Waals surface area (Å²) in [5.41, 5.74) is 0. The smallest absolute Gasteiger partial charge is 0.226 e. The minimum absolute atomic E-state index is 0.00986. The molecule has 2 fully saturated rings. The summed E-state index contributed by atoms with van der Waals surface area (Å²) in [5.74, 6) is 0.376. The van der Waals surface area contributed by atoms with Crippen molar-refractivity contribution in [2.45, 2.75) is 38.1 Å². The van der Waals surface area contributed by atoms with Crippen molar-refractivity contribution in [1.82, 2.24) is 14.5 Å². The van der Waals surface area contributed by atoms with Gasteiger partial charge in [0.05, 0.1) is 25.2 Å². The Labute approximate surface area is 178 Å². The summed E-state index contributed by atoms with van der Waals surface area (Å²) in [7, 11) is -3.25. The highest BCUT2D eigenvalue weighted by Gasteiger charge is 2.32. The highest BCUT2D eigenvalue weighted by atomic mass is 32.2. The lowest BCUT2D eigenvalue weighted by molar-refractivity contribution is -0.136. The van der Waals surface area contributed by atoms with Crippen molar-refractivity contribution in [2.24, 2.45) is 5.92 Å². The van der Waals surface area contributed by atoms with Gasteiger partial charge in [-0.05, 0) is 37.8 Å². The maximum absolute atomic E-state index is 12.7. The normalized spacial score (nSPS) is 23.0. The molecule has 1 aromatic rings. The number of para-hydroxylation sites is 1. The van der Waals surface area contributed by atoms with E-state index in [9.17, 15) is 18.0 Å². The first-order chi connectivity index (χ1) is 14.3. The molecule has 0 radical (unpaired) electrons. The van der Waals surface area contributed by atoms with Gasteiger partial charge < -0.3 is 15.0 Å². The van der Waals surface area contributed by atoms with Crippen LogP contribution >= 0.6 is 0 Å². The molecule has 0 saturated carbocycles. The van der Waals surface area contributed by atoms with Gasteiger partial charge in [-0.15, -0.1) is 0 Å². The van der Waals surface area contributed by atoms with Crippen molar-refractivity contribution in [1.29, 1.82) is 0 Å². The second-order valence-electron chi connectivity index (χ2n) is 8.06. The molecular weight excluding hydrogens is 406 g/mol. The van der Waals surface area contributed by atoms with Gasteiger partial charge in [0.15, 0.2) is 0 Å². The Kier molecular flexibility index (Phi) is 7.71. The standard InChI is InChI=1S/C21H31N3O5S/c1-30(27,28)24-13-6-8-18(16-24)22-21(26)17-7-5-12-23(15-17)20(25)11-14-29-19-9-3-2-4-10-19/h2-4,9-10,17-18H,5-8,11-16H2,1H3,(H,22,26). The minimum Gasteiger partial charge on any atom is -0.493 e. The van der Waals surface area contributed by atoms with Crippen LogP contribution in [0.1, 0.15) is 32.1 Å². The Hall–Kier alpha value is -2.13. The number of rotatable bonds is 7. The number of sulfonamides is 1. The van der Waals surface area contributed by atoms with E-state index in [0.29, 0.717) is 32.8 Å². The van der Waals surface area contributed by atoms with E-state index in [-0.39, 0.29) is 30.2 Å². The summed E-state index contributed by atoms with van der Waals surface area (Å²) in [6.45, 7) is 2.18. The van der Waals surface area contributed by atoms with Crippen LogP contribution in [0, 0.1) is 5.92 Å². The Bertz CT molecular complexity index is 830. The first-order valence-corrected chi connectivity index (χ1v) is 12.4. The SMILES string of the molecule is CS(=O)(=O)N1CCCC(NC(=O)C2CCCN(C(=O)CCOc3ccccc3)C2)C1. The molecule has 1 N–H and O–H groups in total. The summed E-state index contributed by atoms with van der Waals surface area (Å²) in [4.78, 5) is 27.0. The highest BCUT2D eigenvalue weighted by molar-refractivity contribution is 7.88. The van der Waals surface area contributed by atoms with Crippen molar-refractivity contribution < 1.29 is 22.7 Å². The number of hydrogen-bond donors (Lipinski definition) is 1. The average Bonchev–Trinajstić information content (AvgIpc) is 2.74. The van der Waals surface area contributed by atoms with Crippen LogP contribution in [-0.2, 0) is 19.6 Å². The Balaban J connectivity index is 1.45. The largest absolute Gasteiger partial charge is 0.493 e. The number of hydrogen-bond acceptors (Lipinski definition) is 5. The molecule has 2 aliphatic rings. The van der Waals surface area contributed by atoms with Gasteiger partial charge in [-0.1, -0.05) is 18.2 Å². The topological polar surface area (TPSA) is 96.0 Å². The number of nitrogens with zero attached hydrogens (tertiary/aromatic N) is 2. The Morgan fingerprint density at radius 2 is 1.83 bits per heavy atom. The average molecular weight is 438 g/mol. The minimum atomic E-state index is -3.25. The predicted molar refractivity (Wildman–Crippen MR) is 113 cm³/mol. The quantitative estimate of drug-likeness (QED) is 0.692. The van der Waals surface area contributed by atoms with Crippen LogP contribution in [-0.4, -0.2) is 74.5 Å². The van der Waals surface area contributed by atoms with E-state index < -0.39 is 10.0 Å². The number of ether oxygens (including phenoxy) is 1. The number of benzene rings is 1. The van der Waals surface area contributed by atoms with Crippen LogP contribution in [0.15, 0.2) is 30.3 Å². The zero-order valence-corrected chi connectivity index (χ0v) is 18.3. The third kappa shape index (κ3) is 6.43. The molecular formula is C21H31N3O5S. The second kappa shape index (κ2) is 10.3. The lowest BCUT2D eigenvalue weighted by atomic mass is 9.96. The van der Waals surface area contributed by atoms with E-state index in [1.165, 1.54) is 10.6 Å². The molecule has 3 rings (SSSR count). The molecule has 0 bridgehead atoms. The van der Waals surface area contributed by atoms with Crippen molar-refractivity contribution in [2.75, 3.05) is 39.0 Å². The molecule has 1 aromatic carbocycles. The Morgan fingerprint density at radius 1 is 1.10 bits per heavy atom. The van der Waals surface area contributed by atoms with E-state index in [4.69, 9.17) is 4.74 Å². The molecule has 166 valence electrons. The van der Waals surface area contributed by atoms with Gasteiger partial charge in [0.1, 0.15) is 5.75 Å². The Morgan fingerprint density at radius 3 is 2.57 bits per heavy atom. The third-order valence-electron chi connectivity index (χ3n) is 5.67. The predicted octanol–water partition coefficient (Wildman–Crippen LogP) is 1.23. The zero-order chi connectivity index (χ0) is 21.6. The molecule has 2 saturated heterocycles. The van der Waals surface area contributed by atoms with Crippen LogP contribution in [0.4, 0.5) is 0 Å². The van der Waals surface area contributed by atoms with E-state index >= 15 is 0 Å². The number of amides is 2. The lowest BCUT2D eigenvalue weighted by Crippen LogP contribution is -2.52. The summed E-state index contributed by atoms with van der Waals surface area (Å²) < 4.78 is 30.6. The van der Waals surface area contributed by atoms with Crippen molar-refractivity contribution in [3.63, 3.8) is 0 Å². The van der Waals surface area contributed by atoms with E-state index in [0.717, 1.165) is 31.4 Å². The van der Waals surface area contributed by atoms with Gasteiger partial charge in [-0.2, -0.15) is 0 Å². The fraction of sp³-hybridized carbons (Fsp3) is 0.619. The van der Waals surface area contributed by atoms with Gasteiger partial charge in [-0.3, -0.25) is 9.59 Å². The number of likely N-dealkylation sites (tertiary alicyclic amines) is 1. The molecule has 30 heavy (non-hydrogen) atoms. The molecule has 2 unspecified atom stereocenters. The van der Waals surface area contributed by atoms with Crippen LogP contribution in [0.3, 0.4) is 0 Å². The van der Waals surface area contributed by atoms with Crippen LogP contribution in [0.5, 0.6) is 5.75 Å². The number of carbonyl (C=O) groups excluding carboxylic acids is 2. The molecule has 0 aromatic heterocycles. The summed E-state index contributed by atoms with van der Waals surface area (Å²) in [5, 5.41) is 3.01. The van der Waals surface area contributed by atoms with Crippen LogP contribution in [0.2, 0.25) is 0 Å². The van der Waals surface area contributed by atoms with Gasteiger partial charge in [0, 0.05) is 32.2 Å². The monoisotopic (exact) mass is 437 g/mol. The summed E-state index contributed by atoms with van der Waals surface area (Å²) in [6, 6.07) is 9.19. The fourth-order valence-corrected chi connectivity index (χ4v) is 4.94. The van der Waals surface area contributed by atoms with E-state index in [1.807, 2.05) is 30.3 Å². The number of piperidine rings is 2. The molecule has 2 aliphatic heterocycles. The van der Waals surface area contributed by atoms with E-state index in [2.05, 4.69) is 5.32 Å². The van der Waals surface area contributed by atoms with Crippen molar-refractivity contribution >= 4 is 21.8 Å². The van der Waals surface area contributed by atoms with Gasteiger partial charge in [0.2, 0.25) is 21.8 Å². The first kappa shape index (κ1) is 22.6. The molecule has 2 atom stereocenters. The molecule has 9 heteroatoms. The third-order valence-corrected chi connectivity index (χ3v) is 6.94. The first-order valence-electron chi connectivity index (χ1n) is 10.5. The number of carbonyl (C=O) groups is 2. The molecule has 2 amide bonds. The maximum atomic E-state index is 12.7. The molecule has 0 spiro atoms. The van der Waals surface area contributed by atoms with Crippen LogP contribution in [0.25, 0.3) is 0 Å². The summed E-state index contributed by atoms with van der Waals surface area (Å²) >= 11 is 0. The number of nitrogens with one attached hydrogen (secondary N) is 1. The van der Waals surface area contributed by atoms with Crippen molar-refractivity contribution in [3.05, 3.63) is 30.3 Å². The summed E-state index contributed by atoms with van der Waals surface area (Å²) in [6.07, 6.45) is 4.49. The maximum Gasteiger partial charge on any atom is 0.226 e. The zero-order valence-electron chi connectivity index (χ0n) is 17.5. The molecule has 8 nitrogen and oxygen atoms in total. The lowest BCUT2D eigenvalue weighted by Gasteiger charge is -2.35. The van der Waals surface area contributed by atoms with Gasteiger partial charge >= 0.3 is 0 Å². The molecule has 0 aliphatic carbocycles. The van der Waals surface area contributed by atoms with Crippen LogP contribution < -0.4 is 10.1 Å². The fourth-order valence-electron chi connectivity index (χ4n) is 4.03. The van der Waals surface area contributed by atoms with Gasteiger partial charge in [0.25, 0.3) is 0 Å².